The predicted molar refractivity (Wildman–Crippen MR) is 89.6 cm³/mol. The molecule has 1 saturated heterocycles. The van der Waals surface area contributed by atoms with Crippen LogP contribution in [0, 0.1) is 23.2 Å². The van der Waals surface area contributed by atoms with Crippen LogP contribution in [0.25, 0.3) is 0 Å². The van der Waals surface area contributed by atoms with Crippen molar-refractivity contribution in [3.8, 4) is 6.07 Å². The van der Waals surface area contributed by atoms with Gasteiger partial charge in [-0.25, -0.2) is 4.79 Å². The third-order valence-corrected chi connectivity index (χ3v) is 5.27. The van der Waals surface area contributed by atoms with Crippen LogP contribution in [-0.2, 0) is 0 Å². The van der Waals surface area contributed by atoms with Crippen molar-refractivity contribution in [3.63, 3.8) is 0 Å². The number of amides is 2. The minimum atomic E-state index is 0.0298. The molecular weight excluding hydrogens is 286 g/mol. The lowest BCUT2D eigenvalue weighted by molar-refractivity contribution is 0.171. The number of piperidine rings is 1. The average Bonchev–Trinajstić information content (AvgIpc) is 3.14. The van der Waals surface area contributed by atoms with E-state index in [1.165, 1.54) is 31.2 Å². The van der Waals surface area contributed by atoms with Crippen LogP contribution in [0.4, 0.5) is 4.79 Å². The summed E-state index contributed by atoms with van der Waals surface area (Å²) in [6, 6.07) is 12.8. The quantitative estimate of drug-likeness (QED) is 0.921. The van der Waals surface area contributed by atoms with Crippen LogP contribution in [-0.4, -0.2) is 24.0 Å². The standard InChI is InChI=1S/C19H25N3O/c20-14-15-10-12-22(13-11-15)19(23)21-18(17-8-4-5-9-17)16-6-2-1-3-7-16/h1-3,6-7,15,17-18H,4-5,8-13H2,(H,21,23)/t18-/m1/s1. The summed E-state index contributed by atoms with van der Waals surface area (Å²) in [6.07, 6.45) is 6.49. The smallest absolute Gasteiger partial charge is 0.317 e. The number of urea groups is 1. The highest BCUT2D eigenvalue weighted by molar-refractivity contribution is 5.75. The maximum absolute atomic E-state index is 12.7. The molecule has 1 aromatic rings. The Morgan fingerprint density at radius 3 is 2.39 bits per heavy atom. The molecule has 122 valence electrons. The van der Waals surface area contributed by atoms with Gasteiger partial charge in [0.1, 0.15) is 0 Å². The highest BCUT2D eigenvalue weighted by atomic mass is 16.2. The highest BCUT2D eigenvalue weighted by Gasteiger charge is 2.30. The van der Waals surface area contributed by atoms with Crippen molar-refractivity contribution in [2.75, 3.05) is 13.1 Å². The molecule has 4 nitrogen and oxygen atoms in total. The summed E-state index contributed by atoms with van der Waals surface area (Å²) in [4.78, 5) is 14.5. The minimum absolute atomic E-state index is 0.0298. The molecule has 1 aliphatic carbocycles. The van der Waals surface area contributed by atoms with Gasteiger partial charge in [-0.1, -0.05) is 43.2 Å². The second kappa shape index (κ2) is 7.50. The molecule has 4 heteroatoms. The van der Waals surface area contributed by atoms with E-state index in [1.807, 2.05) is 23.1 Å². The zero-order valence-electron chi connectivity index (χ0n) is 13.6. The number of likely N-dealkylation sites (tertiary alicyclic amines) is 1. The lowest BCUT2D eigenvalue weighted by Gasteiger charge is -2.33. The molecule has 1 aliphatic heterocycles. The number of nitrogens with zero attached hydrogens (tertiary/aromatic N) is 2. The van der Waals surface area contributed by atoms with E-state index in [0.29, 0.717) is 19.0 Å². The van der Waals surface area contributed by atoms with Crippen LogP contribution >= 0.6 is 0 Å². The number of carbonyl (C=O) groups excluding carboxylic acids is 1. The molecule has 2 fully saturated rings. The van der Waals surface area contributed by atoms with Gasteiger partial charge in [-0.3, -0.25) is 0 Å². The molecule has 2 amide bonds. The molecule has 0 bridgehead atoms. The van der Waals surface area contributed by atoms with E-state index in [9.17, 15) is 4.79 Å². The van der Waals surface area contributed by atoms with E-state index in [0.717, 1.165) is 12.8 Å². The fourth-order valence-corrected chi connectivity index (χ4v) is 3.86. The van der Waals surface area contributed by atoms with Crippen molar-refractivity contribution in [1.82, 2.24) is 10.2 Å². The monoisotopic (exact) mass is 311 g/mol. The largest absolute Gasteiger partial charge is 0.331 e. The first-order valence-corrected chi connectivity index (χ1v) is 8.78. The second-order valence-electron chi connectivity index (χ2n) is 6.77. The Kier molecular flexibility index (Phi) is 5.17. The van der Waals surface area contributed by atoms with Gasteiger partial charge >= 0.3 is 6.03 Å². The third kappa shape index (κ3) is 3.85. The number of nitriles is 1. The van der Waals surface area contributed by atoms with Crippen molar-refractivity contribution in [1.29, 1.82) is 5.26 Å². The number of benzene rings is 1. The van der Waals surface area contributed by atoms with Crippen molar-refractivity contribution < 1.29 is 4.79 Å². The van der Waals surface area contributed by atoms with Gasteiger partial charge in [-0.05, 0) is 37.2 Å². The molecule has 23 heavy (non-hydrogen) atoms. The van der Waals surface area contributed by atoms with Crippen LogP contribution in [0.1, 0.15) is 50.1 Å². The van der Waals surface area contributed by atoms with E-state index in [4.69, 9.17) is 5.26 Å². The van der Waals surface area contributed by atoms with E-state index in [1.54, 1.807) is 0 Å². The molecule has 2 aliphatic rings. The van der Waals surface area contributed by atoms with E-state index in [2.05, 4.69) is 23.5 Å². The van der Waals surface area contributed by atoms with Gasteiger partial charge in [-0.2, -0.15) is 5.26 Å². The lowest BCUT2D eigenvalue weighted by atomic mass is 9.91. The van der Waals surface area contributed by atoms with E-state index in [-0.39, 0.29) is 18.0 Å². The molecule has 1 saturated carbocycles. The molecule has 1 aromatic carbocycles. The maximum Gasteiger partial charge on any atom is 0.317 e. The SMILES string of the molecule is N#CC1CCN(C(=O)N[C@H](c2ccccc2)C2CCCC2)CC1. The van der Waals surface area contributed by atoms with Gasteiger partial charge < -0.3 is 10.2 Å². The Morgan fingerprint density at radius 2 is 1.78 bits per heavy atom. The number of nitrogens with one attached hydrogen (secondary N) is 1. The third-order valence-electron chi connectivity index (χ3n) is 5.27. The van der Waals surface area contributed by atoms with E-state index < -0.39 is 0 Å². The Morgan fingerprint density at radius 1 is 1.13 bits per heavy atom. The topological polar surface area (TPSA) is 56.1 Å². The van der Waals surface area contributed by atoms with Crippen LogP contribution in [0.15, 0.2) is 30.3 Å². The normalized spacial score (nSPS) is 20.9. The summed E-state index contributed by atoms with van der Waals surface area (Å²) in [5, 5.41) is 12.3. The van der Waals surface area contributed by atoms with Crippen molar-refractivity contribution in [3.05, 3.63) is 35.9 Å². The Bertz CT molecular complexity index is 552. The predicted octanol–water partition coefficient (Wildman–Crippen LogP) is 3.86. The van der Waals surface area contributed by atoms with E-state index >= 15 is 0 Å². The maximum atomic E-state index is 12.7. The number of hydrogen-bond donors (Lipinski definition) is 1. The summed E-state index contributed by atoms with van der Waals surface area (Å²) in [5.74, 6) is 0.650. The number of hydrogen-bond acceptors (Lipinski definition) is 2. The summed E-state index contributed by atoms with van der Waals surface area (Å²) in [7, 11) is 0. The summed E-state index contributed by atoms with van der Waals surface area (Å²) in [5.41, 5.74) is 1.21. The van der Waals surface area contributed by atoms with Gasteiger partial charge in [0, 0.05) is 19.0 Å². The molecular formula is C19H25N3O. The van der Waals surface area contributed by atoms with Gasteiger partial charge in [0.15, 0.2) is 0 Å². The van der Waals surface area contributed by atoms with Crippen LogP contribution in [0.5, 0.6) is 0 Å². The highest BCUT2D eigenvalue weighted by Crippen LogP contribution is 2.35. The second-order valence-corrected chi connectivity index (χ2v) is 6.77. The van der Waals surface area contributed by atoms with Gasteiger partial charge in [0.05, 0.1) is 12.1 Å². The Hall–Kier alpha value is -2.02. The first-order chi connectivity index (χ1) is 11.3. The van der Waals surface area contributed by atoms with Crippen molar-refractivity contribution in [2.45, 2.75) is 44.6 Å². The summed E-state index contributed by atoms with van der Waals surface area (Å²) < 4.78 is 0. The lowest BCUT2D eigenvalue weighted by Crippen LogP contribution is -2.46. The van der Waals surface area contributed by atoms with Crippen LogP contribution in [0.2, 0.25) is 0 Å². The average molecular weight is 311 g/mol. The first-order valence-electron chi connectivity index (χ1n) is 8.78. The Balaban J connectivity index is 1.66. The minimum Gasteiger partial charge on any atom is -0.331 e. The molecule has 1 atom stereocenters. The number of carbonyl (C=O) groups is 1. The fraction of sp³-hybridized carbons (Fsp3) is 0.579. The van der Waals surface area contributed by atoms with Gasteiger partial charge in [0.25, 0.3) is 0 Å². The summed E-state index contributed by atoms with van der Waals surface area (Å²) in [6.45, 7) is 1.38. The van der Waals surface area contributed by atoms with Crippen LogP contribution < -0.4 is 5.32 Å². The van der Waals surface area contributed by atoms with Gasteiger partial charge in [0.2, 0.25) is 0 Å². The fourth-order valence-electron chi connectivity index (χ4n) is 3.86. The molecule has 0 spiro atoms. The molecule has 0 aromatic heterocycles. The zero-order chi connectivity index (χ0) is 16.1. The zero-order valence-corrected chi connectivity index (χ0v) is 13.6. The van der Waals surface area contributed by atoms with Crippen molar-refractivity contribution >= 4 is 6.03 Å². The molecule has 0 unspecified atom stereocenters. The summed E-state index contributed by atoms with van der Waals surface area (Å²) >= 11 is 0. The first kappa shape index (κ1) is 15.9. The van der Waals surface area contributed by atoms with Gasteiger partial charge in [-0.15, -0.1) is 0 Å². The molecule has 1 heterocycles. The molecule has 3 rings (SSSR count). The Labute approximate surface area is 138 Å². The van der Waals surface area contributed by atoms with Crippen molar-refractivity contribution in [2.24, 2.45) is 11.8 Å². The molecule has 1 N–H and O–H groups in total. The molecule has 0 radical (unpaired) electrons. The number of rotatable bonds is 3. The van der Waals surface area contributed by atoms with Crippen LogP contribution in [0.3, 0.4) is 0 Å².